The van der Waals surface area contributed by atoms with Crippen molar-refractivity contribution >= 4 is 0 Å². The Bertz CT molecular complexity index is 114. The molecule has 0 heteroatoms. The van der Waals surface area contributed by atoms with E-state index in [-0.39, 0.29) is 0 Å². The van der Waals surface area contributed by atoms with Gasteiger partial charge in [-0.3, -0.25) is 0 Å². The van der Waals surface area contributed by atoms with E-state index < -0.39 is 0 Å². The molecule has 52 valence electrons. The van der Waals surface area contributed by atoms with E-state index in [1.165, 1.54) is 24.8 Å². The van der Waals surface area contributed by atoms with Gasteiger partial charge in [0.15, 0.2) is 0 Å². The van der Waals surface area contributed by atoms with Crippen LogP contribution < -0.4 is 0 Å². The van der Waals surface area contributed by atoms with Crippen molar-refractivity contribution in [2.75, 3.05) is 0 Å². The zero-order valence-corrected chi connectivity index (χ0v) is 6.70. The lowest BCUT2D eigenvalue weighted by atomic mass is 10.1. The Morgan fingerprint density at radius 2 is 2.22 bits per heavy atom. The predicted molar refractivity (Wildman–Crippen MR) is 42.5 cm³/mol. The summed E-state index contributed by atoms with van der Waals surface area (Å²) in [4.78, 5) is 0. The molecule has 0 amide bonds. The van der Waals surface area contributed by atoms with Crippen molar-refractivity contribution in [2.24, 2.45) is 0 Å². The van der Waals surface area contributed by atoms with Gasteiger partial charge in [-0.1, -0.05) is 13.3 Å². The third-order valence-electron chi connectivity index (χ3n) is 1.30. The molecule has 0 radical (unpaired) electrons. The van der Waals surface area contributed by atoms with Crippen LogP contribution in [-0.4, -0.2) is 0 Å². The van der Waals surface area contributed by atoms with Crippen LogP contribution >= 0.6 is 0 Å². The number of hydrogen-bond acceptors (Lipinski definition) is 0. The Kier molecular flexibility index (Phi) is 5.35. The first-order chi connectivity index (χ1) is 4.31. The van der Waals surface area contributed by atoms with Gasteiger partial charge in [-0.05, 0) is 38.3 Å². The fourth-order valence-electron chi connectivity index (χ4n) is 0.761. The summed E-state index contributed by atoms with van der Waals surface area (Å²) in [5, 5.41) is 0. The number of hydrogen-bond donors (Lipinski definition) is 0. The van der Waals surface area contributed by atoms with Gasteiger partial charge in [0.2, 0.25) is 0 Å². The summed E-state index contributed by atoms with van der Waals surface area (Å²) in [6.07, 6.45) is 5.77. The zero-order chi connectivity index (χ0) is 7.11. The Morgan fingerprint density at radius 3 is 2.67 bits per heavy atom. The topological polar surface area (TPSA) is 0 Å². The van der Waals surface area contributed by atoms with Crippen LogP contribution in [0.15, 0.2) is 17.4 Å². The van der Waals surface area contributed by atoms with Crippen LogP contribution in [0.4, 0.5) is 0 Å². The van der Waals surface area contributed by atoms with Crippen molar-refractivity contribution in [2.45, 2.75) is 40.0 Å². The van der Waals surface area contributed by atoms with Crippen LogP contribution in [0.2, 0.25) is 0 Å². The molecule has 9 heavy (non-hydrogen) atoms. The molecule has 0 rings (SSSR count). The van der Waals surface area contributed by atoms with Gasteiger partial charge in [-0.15, -0.1) is 5.73 Å². The second kappa shape index (κ2) is 5.65. The summed E-state index contributed by atoms with van der Waals surface area (Å²) in [6.45, 7) is 6.36. The smallest absolute Gasteiger partial charge is 0.0247 e. The molecule has 0 aromatic carbocycles. The van der Waals surface area contributed by atoms with Gasteiger partial charge >= 0.3 is 0 Å². The maximum absolute atomic E-state index is 3.17. The molecule has 0 atom stereocenters. The molecule has 0 heterocycles. The molecular formula is C9H16. The van der Waals surface area contributed by atoms with Crippen molar-refractivity contribution in [3.8, 4) is 0 Å². The Balaban J connectivity index is 3.50. The molecule has 0 N–H and O–H groups in total. The molecule has 0 saturated carbocycles. The second-order valence-corrected chi connectivity index (χ2v) is 2.32. The minimum Gasteiger partial charge on any atom is -0.127 e. The molecule has 0 bridgehead atoms. The van der Waals surface area contributed by atoms with E-state index in [1.807, 2.05) is 13.0 Å². The molecular weight excluding hydrogens is 108 g/mol. The van der Waals surface area contributed by atoms with Crippen LogP contribution in [0.5, 0.6) is 0 Å². The summed E-state index contributed by atoms with van der Waals surface area (Å²) in [6, 6.07) is 0. The molecule has 0 aromatic heterocycles. The first kappa shape index (κ1) is 8.52. The summed E-state index contributed by atoms with van der Waals surface area (Å²) in [7, 11) is 0. The fraction of sp³-hybridized carbons (Fsp3) is 0.667. The Labute approximate surface area is 58.3 Å². The predicted octanol–water partition coefficient (Wildman–Crippen LogP) is 3.30. The Morgan fingerprint density at radius 1 is 1.56 bits per heavy atom. The van der Waals surface area contributed by atoms with E-state index >= 15 is 0 Å². The summed E-state index contributed by atoms with van der Waals surface area (Å²) in [5.41, 5.74) is 4.55. The fourth-order valence-corrected chi connectivity index (χ4v) is 0.761. The van der Waals surface area contributed by atoms with Gasteiger partial charge in [0.05, 0.1) is 0 Å². The maximum atomic E-state index is 3.17. The summed E-state index contributed by atoms with van der Waals surface area (Å²) >= 11 is 0. The number of rotatable bonds is 3. The molecule has 0 aliphatic carbocycles. The van der Waals surface area contributed by atoms with Crippen molar-refractivity contribution in [3.05, 3.63) is 17.4 Å². The molecule has 0 aliphatic rings. The van der Waals surface area contributed by atoms with Crippen LogP contribution in [0.25, 0.3) is 0 Å². The lowest BCUT2D eigenvalue weighted by Gasteiger charge is -1.92. The van der Waals surface area contributed by atoms with Crippen LogP contribution in [-0.2, 0) is 0 Å². The lowest BCUT2D eigenvalue weighted by molar-refractivity contribution is 0.788. The highest BCUT2D eigenvalue weighted by Gasteiger charge is 1.84. The molecule has 0 saturated heterocycles. The number of allylic oxidation sites excluding steroid dienone is 1. The van der Waals surface area contributed by atoms with E-state index in [0.717, 1.165) is 0 Å². The molecule has 0 fully saturated rings. The molecule has 0 unspecified atom stereocenters. The first-order valence-electron chi connectivity index (χ1n) is 3.68. The Hall–Kier alpha value is -0.480. The quantitative estimate of drug-likeness (QED) is 0.506. The van der Waals surface area contributed by atoms with Crippen molar-refractivity contribution in [1.29, 1.82) is 0 Å². The van der Waals surface area contributed by atoms with Crippen LogP contribution in [0, 0.1) is 0 Å². The highest BCUT2D eigenvalue weighted by Crippen LogP contribution is 2.03. The normalized spacial score (nSPS) is 8.33. The van der Waals surface area contributed by atoms with Gasteiger partial charge in [0.1, 0.15) is 0 Å². The van der Waals surface area contributed by atoms with E-state index in [1.54, 1.807) is 0 Å². The van der Waals surface area contributed by atoms with Crippen LogP contribution in [0.1, 0.15) is 40.0 Å². The molecule has 0 spiro atoms. The average Bonchev–Trinajstić information content (AvgIpc) is 1.85. The molecule has 0 aromatic rings. The van der Waals surface area contributed by atoms with E-state index in [2.05, 4.69) is 19.6 Å². The summed E-state index contributed by atoms with van der Waals surface area (Å²) in [5.74, 6) is 0. The van der Waals surface area contributed by atoms with Gasteiger partial charge < -0.3 is 0 Å². The highest BCUT2D eigenvalue weighted by molar-refractivity contribution is 4.96. The second-order valence-electron chi connectivity index (χ2n) is 2.32. The highest BCUT2D eigenvalue weighted by atomic mass is 13.9. The van der Waals surface area contributed by atoms with Crippen molar-refractivity contribution in [1.82, 2.24) is 0 Å². The average molecular weight is 124 g/mol. The SMILES string of the molecule is CC=C=C(C)CCCC. The third kappa shape index (κ3) is 5.39. The van der Waals surface area contributed by atoms with Crippen molar-refractivity contribution < 1.29 is 0 Å². The van der Waals surface area contributed by atoms with Crippen molar-refractivity contribution in [3.63, 3.8) is 0 Å². The largest absolute Gasteiger partial charge is 0.127 e. The summed E-state index contributed by atoms with van der Waals surface area (Å²) < 4.78 is 0. The van der Waals surface area contributed by atoms with E-state index in [9.17, 15) is 0 Å². The third-order valence-corrected chi connectivity index (χ3v) is 1.30. The lowest BCUT2D eigenvalue weighted by Crippen LogP contribution is -1.73. The minimum atomic E-state index is 1.21. The molecule has 0 aliphatic heterocycles. The van der Waals surface area contributed by atoms with Gasteiger partial charge in [0.25, 0.3) is 0 Å². The zero-order valence-electron chi connectivity index (χ0n) is 6.70. The van der Waals surface area contributed by atoms with Gasteiger partial charge in [0, 0.05) is 0 Å². The van der Waals surface area contributed by atoms with E-state index in [4.69, 9.17) is 0 Å². The van der Waals surface area contributed by atoms with Gasteiger partial charge in [-0.2, -0.15) is 0 Å². The maximum Gasteiger partial charge on any atom is -0.0247 e. The van der Waals surface area contributed by atoms with E-state index in [0.29, 0.717) is 0 Å². The number of unbranched alkanes of at least 4 members (excludes halogenated alkanes) is 1. The van der Waals surface area contributed by atoms with Gasteiger partial charge in [-0.25, -0.2) is 0 Å². The minimum absolute atomic E-state index is 1.21. The monoisotopic (exact) mass is 124 g/mol. The molecule has 0 nitrogen and oxygen atoms in total. The first-order valence-corrected chi connectivity index (χ1v) is 3.68. The standard InChI is InChI=1S/C9H16/c1-4-6-8-9(3)7-5-2/h5H,4,6,8H2,1-3H3. The van der Waals surface area contributed by atoms with Crippen LogP contribution in [0.3, 0.4) is 0 Å².